The van der Waals surface area contributed by atoms with Crippen molar-refractivity contribution in [1.82, 2.24) is 0 Å². The number of anilines is 2. The highest BCUT2D eigenvalue weighted by Crippen LogP contribution is 2.43. The first-order chi connectivity index (χ1) is 17.4. The number of hydrogen-bond acceptors (Lipinski definition) is 5. The van der Waals surface area contributed by atoms with E-state index in [2.05, 4.69) is 36.7 Å². The van der Waals surface area contributed by atoms with E-state index in [0.717, 1.165) is 16.8 Å². The van der Waals surface area contributed by atoms with Gasteiger partial charge in [0.25, 0.3) is 11.7 Å². The SMILES string of the molecule is COc1ccc(/C(O)=C2/C(=O)C(=O)N(c3ccc(N(C)C)cc3)C2c2ccc(C(C)(C)C)cc2)cc1Br. The third-order valence-corrected chi connectivity index (χ3v) is 7.23. The molecule has 37 heavy (non-hydrogen) atoms. The summed E-state index contributed by atoms with van der Waals surface area (Å²) in [6.45, 7) is 6.38. The number of carbonyl (C=O) groups excluding carboxylic acids is 2. The van der Waals surface area contributed by atoms with Gasteiger partial charge in [-0.05, 0) is 74.9 Å². The van der Waals surface area contributed by atoms with Crippen LogP contribution in [0.3, 0.4) is 0 Å². The smallest absolute Gasteiger partial charge is 0.300 e. The summed E-state index contributed by atoms with van der Waals surface area (Å²) in [6.07, 6.45) is 0. The van der Waals surface area contributed by atoms with Gasteiger partial charge < -0.3 is 14.7 Å². The molecule has 1 atom stereocenters. The first-order valence-electron chi connectivity index (χ1n) is 12.0. The average Bonchev–Trinajstić information content (AvgIpc) is 3.13. The van der Waals surface area contributed by atoms with Crippen LogP contribution < -0.4 is 14.5 Å². The summed E-state index contributed by atoms with van der Waals surface area (Å²) < 4.78 is 5.92. The molecule has 0 bridgehead atoms. The molecule has 3 aromatic carbocycles. The van der Waals surface area contributed by atoms with E-state index in [1.807, 2.05) is 67.5 Å². The van der Waals surface area contributed by atoms with Crippen LogP contribution in [-0.2, 0) is 15.0 Å². The lowest BCUT2D eigenvalue weighted by Crippen LogP contribution is -2.29. The number of Topliss-reactive ketones (excluding diaryl/α,β-unsaturated/α-hetero) is 1. The molecule has 1 fully saturated rings. The second kappa shape index (κ2) is 10.1. The maximum absolute atomic E-state index is 13.4. The van der Waals surface area contributed by atoms with Crippen molar-refractivity contribution in [3.63, 3.8) is 0 Å². The predicted molar refractivity (Wildman–Crippen MR) is 151 cm³/mol. The van der Waals surface area contributed by atoms with Crippen molar-refractivity contribution in [1.29, 1.82) is 0 Å². The molecule has 1 aliphatic heterocycles. The highest BCUT2D eigenvalue weighted by molar-refractivity contribution is 9.10. The highest BCUT2D eigenvalue weighted by Gasteiger charge is 2.47. The molecule has 1 N–H and O–H groups in total. The number of methoxy groups -OCH3 is 1. The summed E-state index contributed by atoms with van der Waals surface area (Å²) in [5, 5.41) is 11.4. The third kappa shape index (κ3) is 5.01. The summed E-state index contributed by atoms with van der Waals surface area (Å²) in [5.74, 6) is -1.06. The second-order valence-corrected chi connectivity index (χ2v) is 11.2. The number of carbonyl (C=O) groups is 2. The molecule has 3 aromatic rings. The molecular formula is C30H31BrN2O4. The number of rotatable bonds is 5. The van der Waals surface area contributed by atoms with Crippen molar-refractivity contribution < 1.29 is 19.4 Å². The molecule has 0 saturated carbocycles. The van der Waals surface area contributed by atoms with Crippen LogP contribution in [0.4, 0.5) is 11.4 Å². The molecule has 0 aliphatic carbocycles. The van der Waals surface area contributed by atoms with E-state index in [1.165, 1.54) is 4.90 Å². The zero-order valence-electron chi connectivity index (χ0n) is 21.9. The minimum atomic E-state index is -0.792. The largest absolute Gasteiger partial charge is 0.507 e. The van der Waals surface area contributed by atoms with Crippen molar-refractivity contribution in [3.05, 3.63) is 93.5 Å². The molecule has 4 rings (SSSR count). The fraction of sp³-hybridized carbons (Fsp3) is 0.267. The average molecular weight is 563 g/mol. The van der Waals surface area contributed by atoms with Crippen LogP contribution >= 0.6 is 15.9 Å². The normalized spacial score (nSPS) is 17.3. The Labute approximate surface area is 226 Å². The number of ether oxygens (including phenoxy) is 1. The Hall–Kier alpha value is -3.58. The molecule has 1 aliphatic rings. The van der Waals surface area contributed by atoms with Crippen LogP contribution in [0.25, 0.3) is 5.76 Å². The number of nitrogens with zero attached hydrogens (tertiary/aromatic N) is 2. The van der Waals surface area contributed by atoms with E-state index in [0.29, 0.717) is 21.5 Å². The number of aliphatic hydroxyl groups is 1. The standard InChI is InChI=1S/C30H31BrN2O4/c1-30(2,3)20-10-7-18(8-11-20)26-25(27(34)19-9-16-24(37-6)23(31)17-19)28(35)29(36)33(26)22-14-12-21(13-15-22)32(4)5/h7-17,26,34H,1-6H3/b27-25-. The highest BCUT2D eigenvalue weighted by atomic mass is 79.9. The van der Waals surface area contributed by atoms with Gasteiger partial charge in [-0.3, -0.25) is 14.5 Å². The van der Waals surface area contributed by atoms with E-state index in [-0.39, 0.29) is 16.7 Å². The summed E-state index contributed by atoms with van der Waals surface area (Å²) >= 11 is 3.44. The van der Waals surface area contributed by atoms with Gasteiger partial charge in [0.1, 0.15) is 11.5 Å². The van der Waals surface area contributed by atoms with Crippen LogP contribution in [0.2, 0.25) is 0 Å². The van der Waals surface area contributed by atoms with Crippen LogP contribution in [0.15, 0.2) is 76.8 Å². The lowest BCUT2D eigenvalue weighted by atomic mass is 9.85. The number of ketones is 1. The van der Waals surface area contributed by atoms with E-state index in [9.17, 15) is 14.7 Å². The van der Waals surface area contributed by atoms with Gasteiger partial charge in [0.15, 0.2) is 0 Å². The van der Waals surface area contributed by atoms with Gasteiger partial charge in [-0.1, -0.05) is 45.0 Å². The Balaban J connectivity index is 1.91. The summed E-state index contributed by atoms with van der Waals surface area (Å²) in [4.78, 5) is 30.3. The van der Waals surface area contributed by atoms with Gasteiger partial charge in [0.2, 0.25) is 0 Å². The topological polar surface area (TPSA) is 70.1 Å². The number of hydrogen-bond donors (Lipinski definition) is 1. The van der Waals surface area contributed by atoms with Gasteiger partial charge >= 0.3 is 0 Å². The molecule has 1 amide bonds. The first-order valence-corrected chi connectivity index (χ1v) is 12.8. The van der Waals surface area contributed by atoms with E-state index >= 15 is 0 Å². The van der Waals surface area contributed by atoms with Crippen LogP contribution in [0.5, 0.6) is 5.75 Å². The van der Waals surface area contributed by atoms with E-state index < -0.39 is 17.7 Å². The van der Waals surface area contributed by atoms with Crippen molar-refractivity contribution in [2.45, 2.75) is 32.2 Å². The summed E-state index contributed by atoms with van der Waals surface area (Å²) in [6, 6.07) is 19.5. The molecule has 1 heterocycles. The third-order valence-electron chi connectivity index (χ3n) is 6.61. The lowest BCUT2D eigenvalue weighted by molar-refractivity contribution is -0.132. The molecule has 0 aromatic heterocycles. The second-order valence-electron chi connectivity index (χ2n) is 10.3. The van der Waals surface area contributed by atoms with E-state index in [1.54, 1.807) is 25.3 Å². The van der Waals surface area contributed by atoms with Crippen molar-refractivity contribution in [2.75, 3.05) is 31.0 Å². The van der Waals surface area contributed by atoms with Crippen LogP contribution in [0.1, 0.15) is 43.5 Å². The molecule has 0 radical (unpaired) electrons. The molecule has 192 valence electrons. The lowest BCUT2D eigenvalue weighted by Gasteiger charge is -2.27. The molecule has 1 saturated heterocycles. The number of aliphatic hydroxyl groups excluding tert-OH is 1. The number of halogens is 1. The van der Waals surface area contributed by atoms with Gasteiger partial charge in [-0.15, -0.1) is 0 Å². The Morgan fingerprint density at radius 1 is 0.973 bits per heavy atom. The molecular weight excluding hydrogens is 532 g/mol. The van der Waals surface area contributed by atoms with Gasteiger partial charge in [0, 0.05) is 31.0 Å². The Morgan fingerprint density at radius 2 is 1.59 bits per heavy atom. The van der Waals surface area contributed by atoms with Gasteiger partial charge in [0.05, 0.1) is 23.2 Å². The van der Waals surface area contributed by atoms with Gasteiger partial charge in [-0.2, -0.15) is 0 Å². The zero-order valence-corrected chi connectivity index (χ0v) is 23.5. The maximum Gasteiger partial charge on any atom is 0.300 e. The van der Waals surface area contributed by atoms with Crippen molar-refractivity contribution in [3.8, 4) is 5.75 Å². The predicted octanol–water partition coefficient (Wildman–Crippen LogP) is 6.45. The maximum atomic E-state index is 13.4. The Morgan fingerprint density at radius 3 is 2.11 bits per heavy atom. The number of amides is 1. The monoisotopic (exact) mass is 562 g/mol. The van der Waals surface area contributed by atoms with Crippen molar-refractivity contribution in [2.24, 2.45) is 0 Å². The Kier molecular flexibility index (Phi) is 7.20. The fourth-order valence-electron chi connectivity index (χ4n) is 4.46. The summed E-state index contributed by atoms with van der Waals surface area (Å²) in [5.41, 5.74) is 3.80. The van der Waals surface area contributed by atoms with Crippen LogP contribution in [-0.4, -0.2) is 38.0 Å². The molecule has 7 heteroatoms. The zero-order chi connectivity index (χ0) is 27.1. The Bertz CT molecular complexity index is 1370. The summed E-state index contributed by atoms with van der Waals surface area (Å²) in [7, 11) is 5.42. The van der Waals surface area contributed by atoms with Crippen molar-refractivity contribution >= 4 is 44.8 Å². The van der Waals surface area contributed by atoms with Crippen LogP contribution in [0, 0.1) is 0 Å². The van der Waals surface area contributed by atoms with E-state index in [4.69, 9.17) is 4.74 Å². The van der Waals surface area contributed by atoms with Gasteiger partial charge in [-0.25, -0.2) is 0 Å². The minimum absolute atomic E-state index is 0.0438. The molecule has 6 nitrogen and oxygen atoms in total. The fourth-order valence-corrected chi connectivity index (χ4v) is 5.00. The first kappa shape index (κ1) is 26.5. The molecule has 0 spiro atoms. The minimum Gasteiger partial charge on any atom is -0.507 e. The quantitative estimate of drug-likeness (QED) is 0.220. The molecule has 1 unspecified atom stereocenters. The number of benzene rings is 3.